The number of hydrogen-bond acceptors (Lipinski definition) is 3. The van der Waals surface area contributed by atoms with E-state index in [0.717, 1.165) is 6.42 Å². The molecule has 0 fully saturated rings. The molecule has 2 atom stereocenters. The lowest BCUT2D eigenvalue weighted by Gasteiger charge is -2.20. The average Bonchev–Trinajstić information content (AvgIpc) is 2.25. The second-order valence-corrected chi connectivity index (χ2v) is 4.62. The molecule has 0 heterocycles. The fourth-order valence-electron chi connectivity index (χ4n) is 1.66. The summed E-state index contributed by atoms with van der Waals surface area (Å²) in [5.74, 6) is 0.699. The number of phenolic OH excluding ortho intramolecular Hbond substituents is 1. The maximum atomic E-state index is 9.91. The smallest absolute Gasteiger partial charge is 0.120 e. The van der Waals surface area contributed by atoms with Crippen molar-refractivity contribution >= 4 is 0 Å². The van der Waals surface area contributed by atoms with Crippen molar-refractivity contribution in [3.8, 4) is 5.75 Å². The van der Waals surface area contributed by atoms with Crippen molar-refractivity contribution in [2.75, 3.05) is 0 Å². The highest BCUT2D eigenvalue weighted by Crippen LogP contribution is 2.26. The largest absolute Gasteiger partial charge is 0.508 e. The number of aromatic hydroxyl groups is 1. The van der Waals surface area contributed by atoms with Crippen LogP contribution >= 0.6 is 0 Å². The Morgan fingerprint density at radius 1 is 1.19 bits per heavy atom. The first kappa shape index (κ1) is 13.0. The molecule has 0 aromatic heterocycles. The normalized spacial score (nSPS) is 15.1. The van der Waals surface area contributed by atoms with Crippen LogP contribution in [-0.2, 0) is 0 Å². The van der Waals surface area contributed by atoms with E-state index in [1.54, 1.807) is 18.2 Å². The molecule has 16 heavy (non-hydrogen) atoms. The molecular formula is C13H21NO2. The lowest BCUT2D eigenvalue weighted by molar-refractivity contribution is 0.127. The van der Waals surface area contributed by atoms with Crippen molar-refractivity contribution in [1.82, 2.24) is 0 Å². The quantitative estimate of drug-likeness (QED) is 0.717. The van der Waals surface area contributed by atoms with Crippen LogP contribution in [0.15, 0.2) is 24.3 Å². The maximum Gasteiger partial charge on any atom is 0.120 e. The molecule has 0 spiro atoms. The van der Waals surface area contributed by atoms with Gasteiger partial charge in [0.25, 0.3) is 0 Å². The molecule has 0 radical (unpaired) electrons. The van der Waals surface area contributed by atoms with Gasteiger partial charge in [-0.25, -0.2) is 0 Å². The van der Waals surface area contributed by atoms with Gasteiger partial charge in [-0.15, -0.1) is 0 Å². The zero-order chi connectivity index (χ0) is 12.1. The third-order valence-corrected chi connectivity index (χ3v) is 2.75. The van der Waals surface area contributed by atoms with E-state index in [1.807, 2.05) is 6.07 Å². The summed E-state index contributed by atoms with van der Waals surface area (Å²) in [6.45, 7) is 4.22. The van der Waals surface area contributed by atoms with E-state index in [-0.39, 0.29) is 5.75 Å². The lowest BCUT2D eigenvalue weighted by atomic mass is 9.95. The molecule has 0 aliphatic heterocycles. The minimum absolute atomic E-state index is 0.151. The van der Waals surface area contributed by atoms with Crippen LogP contribution < -0.4 is 5.73 Å². The molecule has 1 aromatic carbocycles. The van der Waals surface area contributed by atoms with Gasteiger partial charge in [-0.05, 0) is 24.8 Å². The molecule has 90 valence electrons. The summed E-state index contributed by atoms with van der Waals surface area (Å²) in [5, 5.41) is 19.5. The number of benzene rings is 1. The van der Waals surface area contributed by atoms with Crippen LogP contribution in [0.5, 0.6) is 5.75 Å². The van der Waals surface area contributed by atoms with E-state index in [9.17, 15) is 10.2 Å². The molecule has 3 nitrogen and oxygen atoms in total. The molecule has 0 unspecified atom stereocenters. The Bertz CT molecular complexity index is 325. The fraction of sp³-hybridized carbons (Fsp3) is 0.538. The molecular weight excluding hydrogens is 202 g/mol. The van der Waals surface area contributed by atoms with Crippen LogP contribution in [0.25, 0.3) is 0 Å². The second kappa shape index (κ2) is 5.87. The zero-order valence-corrected chi connectivity index (χ0v) is 9.93. The predicted molar refractivity (Wildman–Crippen MR) is 65.1 cm³/mol. The Hall–Kier alpha value is -1.06. The number of rotatable bonds is 5. The molecule has 0 amide bonds. The van der Waals surface area contributed by atoms with E-state index in [1.165, 1.54) is 0 Å². The molecule has 3 heteroatoms. The lowest BCUT2D eigenvalue weighted by Crippen LogP contribution is -2.26. The first-order valence-electron chi connectivity index (χ1n) is 5.74. The molecule has 4 N–H and O–H groups in total. The van der Waals surface area contributed by atoms with Crippen molar-refractivity contribution in [3.63, 3.8) is 0 Å². The molecule has 0 aliphatic carbocycles. The molecule has 0 saturated carbocycles. The number of nitrogens with two attached hydrogens (primary N) is 1. The van der Waals surface area contributed by atoms with E-state index >= 15 is 0 Å². The van der Waals surface area contributed by atoms with Gasteiger partial charge in [0, 0.05) is 5.56 Å². The number of aliphatic hydroxyl groups is 1. The second-order valence-electron chi connectivity index (χ2n) is 4.62. The average molecular weight is 223 g/mol. The molecule has 0 bridgehead atoms. The highest BCUT2D eigenvalue weighted by Gasteiger charge is 2.19. The van der Waals surface area contributed by atoms with Gasteiger partial charge >= 0.3 is 0 Å². The summed E-state index contributed by atoms with van der Waals surface area (Å²) < 4.78 is 0. The van der Waals surface area contributed by atoms with Crippen LogP contribution in [-0.4, -0.2) is 16.3 Å². The summed E-state index contributed by atoms with van der Waals surface area (Å²) in [7, 11) is 0. The SMILES string of the molecule is CC(C)CC[C@@H](O)[C@@H](N)c1ccccc1O. The van der Waals surface area contributed by atoms with E-state index in [2.05, 4.69) is 13.8 Å². The Morgan fingerprint density at radius 2 is 1.81 bits per heavy atom. The zero-order valence-electron chi connectivity index (χ0n) is 9.93. The monoisotopic (exact) mass is 223 g/mol. The van der Waals surface area contributed by atoms with Gasteiger partial charge in [-0.3, -0.25) is 0 Å². The van der Waals surface area contributed by atoms with E-state index < -0.39 is 12.1 Å². The third kappa shape index (κ3) is 3.51. The molecule has 0 saturated heterocycles. The van der Waals surface area contributed by atoms with Gasteiger partial charge in [-0.2, -0.15) is 0 Å². The highest BCUT2D eigenvalue weighted by molar-refractivity contribution is 5.34. The number of hydrogen-bond donors (Lipinski definition) is 3. The van der Waals surface area contributed by atoms with Crippen LogP contribution in [0.3, 0.4) is 0 Å². The maximum absolute atomic E-state index is 9.91. The number of phenols is 1. The van der Waals surface area contributed by atoms with Crippen molar-refractivity contribution in [3.05, 3.63) is 29.8 Å². The first-order valence-corrected chi connectivity index (χ1v) is 5.74. The Kier molecular flexibility index (Phi) is 4.77. The fourth-order valence-corrected chi connectivity index (χ4v) is 1.66. The van der Waals surface area contributed by atoms with Crippen LogP contribution in [0.1, 0.15) is 38.3 Å². The number of aliphatic hydroxyl groups excluding tert-OH is 1. The number of para-hydroxylation sites is 1. The Morgan fingerprint density at radius 3 is 2.38 bits per heavy atom. The van der Waals surface area contributed by atoms with Gasteiger partial charge < -0.3 is 15.9 Å². The van der Waals surface area contributed by atoms with Gasteiger partial charge in [0.2, 0.25) is 0 Å². The Balaban J connectivity index is 2.63. The summed E-state index contributed by atoms with van der Waals surface area (Å²) in [5.41, 5.74) is 6.53. The van der Waals surface area contributed by atoms with Gasteiger partial charge in [0.05, 0.1) is 12.1 Å². The molecule has 1 rings (SSSR count). The minimum atomic E-state index is -0.601. The van der Waals surface area contributed by atoms with Gasteiger partial charge in [-0.1, -0.05) is 32.0 Å². The van der Waals surface area contributed by atoms with Crippen molar-refractivity contribution in [2.45, 2.75) is 38.8 Å². The molecule has 1 aromatic rings. The van der Waals surface area contributed by atoms with Crippen molar-refractivity contribution in [1.29, 1.82) is 0 Å². The topological polar surface area (TPSA) is 66.5 Å². The van der Waals surface area contributed by atoms with Gasteiger partial charge in [0.15, 0.2) is 0 Å². The summed E-state index contributed by atoms with van der Waals surface area (Å²) in [6, 6.07) is 6.37. The summed E-state index contributed by atoms with van der Waals surface area (Å²) in [6.07, 6.45) is 0.992. The predicted octanol–water partition coefficient (Wildman–Crippen LogP) is 2.19. The van der Waals surface area contributed by atoms with E-state index in [4.69, 9.17) is 5.73 Å². The standard InChI is InChI=1S/C13H21NO2/c1-9(2)7-8-12(16)13(14)10-5-3-4-6-11(10)15/h3-6,9,12-13,15-16H,7-8,14H2,1-2H3/t12-,13+/m1/s1. The van der Waals surface area contributed by atoms with Crippen LogP contribution in [0.2, 0.25) is 0 Å². The first-order chi connectivity index (χ1) is 7.52. The van der Waals surface area contributed by atoms with Crippen LogP contribution in [0.4, 0.5) is 0 Å². The molecule has 0 aliphatic rings. The van der Waals surface area contributed by atoms with E-state index in [0.29, 0.717) is 17.9 Å². The summed E-state index contributed by atoms with van der Waals surface area (Å²) >= 11 is 0. The van der Waals surface area contributed by atoms with Crippen LogP contribution in [0, 0.1) is 5.92 Å². The highest BCUT2D eigenvalue weighted by atomic mass is 16.3. The third-order valence-electron chi connectivity index (χ3n) is 2.75. The van der Waals surface area contributed by atoms with Crippen molar-refractivity contribution in [2.24, 2.45) is 11.7 Å². The van der Waals surface area contributed by atoms with Gasteiger partial charge in [0.1, 0.15) is 5.75 Å². The Labute approximate surface area is 96.9 Å². The van der Waals surface area contributed by atoms with Crippen molar-refractivity contribution < 1.29 is 10.2 Å². The minimum Gasteiger partial charge on any atom is -0.508 e. The summed E-state index contributed by atoms with van der Waals surface area (Å²) in [4.78, 5) is 0.